The lowest BCUT2D eigenvalue weighted by atomic mass is 10.1. The van der Waals surface area contributed by atoms with Gasteiger partial charge in [-0.05, 0) is 18.4 Å². The first-order valence-corrected chi connectivity index (χ1v) is 8.12. The Morgan fingerprint density at radius 2 is 1.79 bits per heavy atom. The summed E-state index contributed by atoms with van der Waals surface area (Å²) in [6.07, 6.45) is 1.95. The molecule has 0 spiro atoms. The van der Waals surface area contributed by atoms with Gasteiger partial charge in [-0.2, -0.15) is 15.0 Å². The van der Waals surface area contributed by atoms with E-state index in [-0.39, 0.29) is 5.95 Å². The molecule has 0 radical (unpaired) electrons. The summed E-state index contributed by atoms with van der Waals surface area (Å²) in [4.78, 5) is 14.8. The van der Waals surface area contributed by atoms with Gasteiger partial charge in [-0.1, -0.05) is 30.3 Å². The summed E-state index contributed by atoms with van der Waals surface area (Å²) in [5.74, 6) is 1.13. The van der Waals surface area contributed by atoms with Crippen molar-refractivity contribution in [2.45, 2.75) is 12.8 Å². The van der Waals surface area contributed by atoms with Crippen molar-refractivity contribution in [3.05, 3.63) is 35.9 Å². The number of morpholine rings is 1. The van der Waals surface area contributed by atoms with Crippen molar-refractivity contribution in [1.82, 2.24) is 15.0 Å². The van der Waals surface area contributed by atoms with Crippen LogP contribution in [0.4, 0.5) is 17.8 Å². The van der Waals surface area contributed by atoms with Crippen LogP contribution in [-0.2, 0) is 11.2 Å². The van der Waals surface area contributed by atoms with E-state index >= 15 is 0 Å². The van der Waals surface area contributed by atoms with Gasteiger partial charge in [0.05, 0.1) is 13.2 Å². The maximum atomic E-state index is 9.13. The molecule has 1 aliphatic rings. The lowest BCUT2D eigenvalue weighted by molar-refractivity contribution is 0.122. The average Bonchev–Trinajstić information content (AvgIpc) is 2.66. The Balaban J connectivity index is 1.57. The van der Waals surface area contributed by atoms with Crippen LogP contribution in [0.15, 0.2) is 30.3 Å². The van der Waals surface area contributed by atoms with Gasteiger partial charge in [0.25, 0.3) is 5.95 Å². The molecular weight excluding hydrogens is 308 g/mol. The largest absolute Gasteiger partial charge is 0.378 e. The number of aryl methyl sites for hydroxylation is 1. The summed E-state index contributed by atoms with van der Waals surface area (Å²) < 4.78 is 5.34. The molecule has 24 heavy (non-hydrogen) atoms. The number of nitrogens with one attached hydrogen (secondary N) is 2. The van der Waals surface area contributed by atoms with Crippen molar-refractivity contribution in [2.24, 2.45) is 0 Å². The quantitative estimate of drug-likeness (QED) is 0.520. The zero-order valence-electron chi connectivity index (χ0n) is 13.5. The fraction of sp³-hybridized carbons (Fsp3) is 0.438. The second-order valence-corrected chi connectivity index (χ2v) is 5.51. The van der Waals surface area contributed by atoms with Gasteiger partial charge in [-0.15, -0.1) is 0 Å². The monoisotopic (exact) mass is 330 g/mol. The summed E-state index contributed by atoms with van der Waals surface area (Å²) in [5.41, 5.74) is 3.31. The Hall–Kier alpha value is -2.45. The number of nitrogens with zero attached hydrogens (tertiary/aromatic N) is 4. The van der Waals surface area contributed by atoms with Crippen LogP contribution >= 0.6 is 0 Å². The van der Waals surface area contributed by atoms with Crippen LogP contribution in [0.5, 0.6) is 0 Å². The zero-order chi connectivity index (χ0) is 16.6. The Kier molecular flexibility index (Phi) is 5.75. The topological polar surface area (TPSA) is 95.4 Å². The molecule has 3 rings (SSSR count). The molecule has 3 N–H and O–H groups in total. The first-order chi connectivity index (χ1) is 11.8. The minimum Gasteiger partial charge on any atom is -0.378 e. The summed E-state index contributed by atoms with van der Waals surface area (Å²) >= 11 is 0. The Morgan fingerprint density at radius 1 is 1.04 bits per heavy atom. The lowest BCUT2D eigenvalue weighted by Crippen LogP contribution is -2.37. The van der Waals surface area contributed by atoms with Crippen LogP contribution in [0.25, 0.3) is 0 Å². The maximum Gasteiger partial charge on any atom is 0.253 e. The van der Waals surface area contributed by atoms with Crippen LogP contribution in [-0.4, -0.2) is 53.0 Å². The molecule has 0 amide bonds. The van der Waals surface area contributed by atoms with Crippen molar-refractivity contribution in [3.8, 4) is 0 Å². The van der Waals surface area contributed by atoms with Crippen LogP contribution in [0.3, 0.4) is 0 Å². The molecule has 1 aromatic heterocycles. The predicted octanol–water partition coefficient (Wildman–Crippen LogP) is 1.55. The minimum absolute atomic E-state index is 0.136. The fourth-order valence-corrected chi connectivity index (χ4v) is 2.54. The molecule has 0 bridgehead atoms. The Bertz CT molecular complexity index is 634. The Morgan fingerprint density at radius 3 is 2.54 bits per heavy atom. The summed E-state index contributed by atoms with van der Waals surface area (Å²) in [7, 11) is 0. The van der Waals surface area contributed by atoms with E-state index in [0.29, 0.717) is 25.1 Å². The van der Waals surface area contributed by atoms with E-state index in [9.17, 15) is 0 Å². The highest BCUT2D eigenvalue weighted by molar-refractivity contribution is 5.43. The predicted molar refractivity (Wildman–Crippen MR) is 91.5 cm³/mol. The van der Waals surface area contributed by atoms with Gasteiger partial charge >= 0.3 is 0 Å². The third kappa shape index (κ3) is 4.53. The number of ether oxygens (including phenoxy) is 1. The molecule has 0 unspecified atom stereocenters. The molecule has 1 saturated heterocycles. The van der Waals surface area contributed by atoms with Crippen molar-refractivity contribution in [2.75, 3.05) is 48.5 Å². The number of aromatic nitrogens is 3. The van der Waals surface area contributed by atoms with Crippen LogP contribution in [0, 0.1) is 0 Å². The molecule has 8 nitrogen and oxygen atoms in total. The zero-order valence-corrected chi connectivity index (χ0v) is 13.5. The fourth-order valence-electron chi connectivity index (χ4n) is 2.54. The molecule has 128 valence electrons. The molecule has 0 atom stereocenters. The number of hydrogen-bond acceptors (Lipinski definition) is 8. The van der Waals surface area contributed by atoms with E-state index in [1.54, 1.807) is 0 Å². The smallest absolute Gasteiger partial charge is 0.253 e. The summed E-state index contributed by atoms with van der Waals surface area (Å²) in [6.45, 7) is 3.48. The summed E-state index contributed by atoms with van der Waals surface area (Å²) in [5, 5.41) is 12.3. The standard InChI is InChI=1S/C16H22N6O2/c23-21-15-18-14(17-8-4-7-13-5-2-1-3-6-13)19-16(20-15)22-9-11-24-12-10-22/h1-3,5-6,23H,4,7-12H2,(H2,17,18,19,20,21). The Labute approximate surface area is 140 Å². The van der Waals surface area contributed by atoms with Gasteiger partial charge in [-0.25, -0.2) is 5.48 Å². The van der Waals surface area contributed by atoms with E-state index in [4.69, 9.17) is 9.94 Å². The number of hydrogen-bond donors (Lipinski definition) is 3. The van der Waals surface area contributed by atoms with E-state index < -0.39 is 0 Å². The van der Waals surface area contributed by atoms with E-state index in [1.807, 2.05) is 28.6 Å². The van der Waals surface area contributed by atoms with Gasteiger partial charge in [0.1, 0.15) is 0 Å². The van der Waals surface area contributed by atoms with Crippen molar-refractivity contribution in [1.29, 1.82) is 0 Å². The first kappa shape index (κ1) is 16.4. The van der Waals surface area contributed by atoms with Crippen LogP contribution < -0.4 is 15.7 Å². The van der Waals surface area contributed by atoms with E-state index in [1.165, 1.54) is 5.56 Å². The minimum atomic E-state index is 0.136. The molecule has 2 aromatic rings. The van der Waals surface area contributed by atoms with Gasteiger partial charge in [-0.3, -0.25) is 5.21 Å². The molecule has 2 heterocycles. The highest BCUT2D eigenvalue weighted by Gasteiger charge is 2.16. The molecule has 8 heteroatoms. The highest BCUT2D eigenvalue weighted by atomic mass is 16.5. The highest BCUT2D eigenvalue weighted by Crippen LogP contribution is 2.15. The van der Waals surface area contributed by atoms with Crippen LogP contribution in [0.2, 0.25) is 0 Å². The second-order valence-electron chi connectivity index (χ2n) is 5.51. The van der Waals surface area contributed by atoms with Crippen molar-refractivity contribution < 1.29 is 9.94 Å². The summed E-state index contributed by atoms with van der Waals surface area (Å²) in [6, 6.07) is 10.3. The molecule has 1 fully saturated rings. The van der Waals surface area contributed by atoms with Gasteiger partial charge in [0.15, 0.2) is 0 Å². The van der Waals surface area contributed by atoms with Crippen molar-refractivity contribution >= 4 is 17.8 Å². The van der Waals surface area contributed by atoms with Crippen LogP contribution in [0.1, 0.15) is 12.0 Å². The number of anilines is 3. The maximum absolute atomic E-state index is 9.13. The first-order valence-electron chi connectivity index (χ1n) is 8.12. The SMILES string of the molecule is ONc1nc(NCCCc2ccccc2)nc(N2CCOCC2)n1. The third-order valence-electron chi connectivity index (χ3n) is 3.79. The van der Waals surface area contributed by atoms with Crippen molar-refractivity contribution in [3.63, 3.8) is 0 Å². The molecule has 0 saturated carbocycles. The number of benzene rings is 1. The molecule has 1 aromatic carbocycles. The van der Waals surface area contributed by atoms with Gasteiger partial charge in [0, 0.05) is 19.6 Å². The van der Waals surface area contributed by atoms with E-state index in [2.05, 4.69) is 32.4 Å². The van der Waals surface area contributed by atoms with Gasteiger partial charge < -0.3 is 15.0 Å². The van der Waals surface area contributed by atoms with E-state index in [0.717, 1.165) is 32.5 Å². The molecular formula is C16H22N6O2. The molecule has 1 aliphatic heterocycles. The van der Waals surface area contributed by atoms with Gasteiger partial charge in [0.2, 0.25) is 11.9 Å². The second kappa shape index (κ2) is 8.42. The number of rotatable bonds is 7. The normalized spacial score (nSPS) is 14.5. The third-order valence-corrected chi connectivity index (χ3v) is 3.79. The average molecular weight is 330 g/mol. The lowest BCUT2D eigenvalue weighted by Gasteiger charge is -2.27. The molecule has 0 aliphatic carbocycles.